The van der Waals surface area contributed by atoms with E-state index in [-0.39, 0.29) is 17.2 Å². The van der Waals surface area contributed by atoms with E-state index in [1.807, 2.05) is 49.6 Å². The Morgan fingerprint density at radius 1 is 1.12 bits per heavy atom. The third-order valence-corrected chi connectivity index (χ3v) is 6.68. The molecule has 0 saturated heterocycles. The number of hydrogen-bond acceptors (Lipinski definition) is 4. The van der Waals surface area contributed by atoms with Crippen LogP contribution in [0, 0.1) is 25.1 Å². The molecule has 1 amide bonds. The van der Waals surface area contributed by atoms with Gasteiger partial charge >= 0.3 is 0 Å². The summed E-state index contributed by atoms with van der Waals surface area (Å²) < 4.78 is 21.0. The van der Waals surface area contributed by atoms with Gasteiger partial charge in [-0.3, -0.25) is 15.1 Å². The highest BCUT2D eigenvalue weighted by atomic mass is 32.2. The summed E-state index contributed by atoms with van der Waals surface area (Å²) in [5.41, 5.74) is 5.21. The van der Waals surface area contributed by atoms with Gasteiger partial charge in [0.2, 0.25) is 0 Å². The molecule has 0 aliphatic carbocycles. The summed E-state index contributed by atoms with van der Waals surface area (Å²) in [5, 5.41) is 11.1. The Morgan fingerprint density at radius 3 is 2.59 bits per heavy atom. The molecule has 5 rings (SSSR count). The molecule has 0 spiro atoms. The number of benzene rings is 2. The molecule has 34 heavy (non-hydrogen) atoms. The third-order valence-electron chi connectivity index (χ3n) is 5.85. The Kier molecular flexibility index (Phi) is 5.45. The van der Waals surface area contributed by atoms with Gasteiger partial charge in [-0.1, -0.05) is 23.9 Å². The lowest BCUT2D eigenvalue weighted by Gasteiger charge is -2.27. The lowest BCUT2D eigenvalue weighted by Crippen LogP contribution is -2.38. The molecular formula is C26H21FN4O2S. The van der Waals surface area contributed by atoms with Crippen molar-refractivity contribution in [1.82, 2.24) is 9.47 Å². The molecule has 2 aliphatic heterocycles. The quantitative estimate of drug-likeness (QED) is 0.506. The number of ether oxygens (including phenoxy) is 1. The Hall–Kier alpha value is -3.91. The number of para-hydroxylation sites is 2. The van der Waals surface area contributed by atoms with Crippen molar-refractivity contribution in [2.45, 2.75) is 13.8 Å². The van der Waals surface area contributed by atoms with E-state index in [0.717, 1.165) is 34.0 Å². The molecule has 0 bridgehead atoms. The van der Waals surface area contributed by atoms with Crippen molar-refractivity contribution < 1.29 is 13.9 Å². The first-order chi connectivity index (χ1) is 16.4. The highest BCUT2D eigenvalue weighted by Gasteiger charge is 2.36. The van der Waals surface area contributed by atoms with Crippen LogP contribution in [0.5, 0.6) is 5.75 Å². The largest absolute Gasteiger partial charge is 0.495 e. The minimum Gasteiger partial charge on any atom is -0.495 e. The number of thioether (sulfide) groups is 1. The average Bonchev–Trinajstić information content (AvgIpc) is 3.37. The average molecular weight is 473 g/mol. The lowest BCUT2D eigenvalue weighted by molar-refractivity contribution is -0.114. The SMILES string of the molecule is COc1ccccc1-n1c(C)cc(/C=C2\C(=N)N3C(c4ccc(F)cc4)=CSC3=NC2=O)c1C. The van der Waals surface area contributed by atoms with Crippen LogP contribution in [-0.2, 0) is 4.79 Å². The Morgan fingerprint density at radius 2 is 1.85 bits per heavy atom. The van der Waals surface area contributed by atoms with Crippen LogP contribution >= 0.6 is 11.8 Å². The molecule has 1 aromatic heterocycles. The number of aryl methyl sites for hydroxylation is 1. The van der Waals surface area contributed by atoms with Crippen molar-refractivity contribution in [2.75, 3.05) is 7.11 Å². The van der Waals surface area contributed by atoms with Crippen molar-refractivity contribution in [3.05, 3.63) is 93.9 Å². The maximum absolute atomic E-state index is 13.4. The fraction of sp³-hybridized carbons (Fsp3) is 0.115. The number of methoxy groups -OCH3 is 1. The summed E-state index contributed by atoms with van der Waals surface area (Å²) in [6.07, 6.45) is 1.71. The summed E-state index contributed by atoms with van der Waals surface area (Å²) in [6.45, 7) is 3.95. The highest BCUT2D eigenvalue weighted by molar-refractivity contribution is 8.17. The van der Waals surface area contributed by atoms with Gasteiger partial charge in [0.15, 0.2) is 5.17 Å². The normalized spacial score (nSPS) is 16.6. The minimum atomic E-state index is -0.459. The minimum absolute atomic E-state index is 0.0395. The van der Waals surface area contributed by atoms with Gasteiger partial charge in [-0.15, -0.1) is 0 Å². The van der Waals surface area contributed by atoms with Crippen molar-refractivity contribution >= 4 is 40.4 Å². The molecule has 0 unspecified atom stereocenters. The van der Waals surface area contributed by atoms with E-state index in [0.29, 0.717) is 10.9 Å². The number of halogens is 1. The lowest BCUT2D eigenvalue weighted by atomic mass is 10.1. The predicted molar refractivity (Wildman–Crippen MR) is 134 cm³/mol. The first-order valence-corrected chi connectivity index (χ1v) is 11.5. The summed E-state index contributed by atoms with van der Waals surface area (Å²) >= 11 is 1.27. The zero-order valence-electron chi connectivity index (χ0n) is 18.8. The summed E-state index contributed by atoms with van der Waals surface area (Å²) in [7, 11) is 1.63. The summed E-state index contributed by atoms with van der Waals surface area (Å²) in [5.74, 6) is -0.0153. The second kappa shape index (κ2) is 8.46. The van der Waals surface area contributed by atoms with Gasteiger partial charge in [-0.2, -0.15) is 4.99 Å². The van der Waals surface area contributed by atoms with Crippen LogP contribution < -0.4 is 4.74 Å². The molecule has 2 aromatic carbocycles. The number of rotatable bonds is 4. The number of amidine groups is 2. The summed E-state index contributed by atoms with van der Waals surface area (Å²) in [4.78, 5) is 18.7. The molecule has 3 heterocycles. The van der Waals surface area contributed by atoms with Crippen LogP contribution in [0.15, 0.2) is 70.6 Å². The first-order valence-electron chi connectivity index (χ1n) is 10.6. The zero-order chi connectivity index (χ0) is 24.0. The Balaban J connectivity index is 1.55. The number of aromatic nitrogens is 1. The molecule has 0 saturated carbocycles. The zero-order valence-corrected chi connectivity index (χ0v) is 19.6. The van der Waals surface area contributed by atoms with Crippen LogP contribution in [0.4, 0.5) is 4.39 Å². The van der Waals surface area contributed by atoms with Gasteiger partial charge in [0.25, 0.3) is 5.91 Å². The monoisotopic (exact) mass is 472 g/mol. The van der Waals surface area contributed by atoms with Gasteiger partial charge in [0.05, 0.1) is 24.1 Å². The standard InChI is InChI=1S/C26H21FN4O2S/c1-15-12-18(16(2)30(15)21-6-4-5-7-23(21)33-3)13-20-24(28)31-22(14-34-26(31)29-25(20)32)17-8-10-19(27)11-9-17/h4-14,28H,1-3H3/b20-13+,28-24?. The second-order valence-corrected chi connectivity index (χ2v) is 8.74. The van der Waals surface area contributed by atoms with Crippen molar-refractivity contribution in [3.63, 3.8) is 0 Å². The number of carbonyl (C=O) groups excluding carboxylic acids is 1. The van der Waals surface area contributed by atoms with Crippen LogP contribution in [0.2, 0.25) is 0 Å². The van der Waals surface area contributed by atoms with Crippen LogP contribution in [-0.4, -0.2) is 33.5 Å². The molecule has 170 valence electrons. The topological polar surface area (TPSA) is 70.7 Å². The highest BCUT2D eigenvalue weighted by Crippen LogP contribution is 2.38. The fourth-order valence-electron chi connectivity index (χ4n) is 4.20. The maximum Gasteiger partial charge on any atom is 0.283 e. The molecule has 8 heteroatoms. The van der Waals surface area contributed by atoms with E-state index in [1.165, 1.54) is 23.9 Å². The second-order valence-electron chi connectivity index (χ2n) is 7.90. The van der Waals surface area contributed by atoms with Crippen molar-refractivity contribution in [1.29, 1.82) is 5.41 Å². The smallest absolute Gasteiger partial charge is 0.283 e. The van der Waals surface area contributed by atoms with E-state index in [9.17, 15) is 9.18 Å². The number of amides is 1. The Bertz CT molecular complexity index is 1430. The molecule has 1 N–H and O–H groups in total. The van der Waals surface area contributed by atoms with Crippen LogP contribution in [0.25, 0.3) is 17.5 Å². The number of nitrogens with one attached hydrogen (secondary N) is 1. The summed E-state index contributed by atoms with van der Waals surface area (Å²) in [6, 6.07) is 15.8. The molecule has 2 aliphatic rings. The van der Waals surface area contributed by atoms with Gasteiger partial charge in [-0.25, -0.2) is 4.39 Å². The fourth-order valence-corrected chi connectivity index (χ4v) is 5.09. The van der Waals surface area contributed by atoms with Crippen molar-refractivity contribution in [2.24, 2.45) is 4.99 Å². The predicted octanol–water partition coefficient (Wildman–Crippen LogP) is 5.55. The van der Waals surface area contributed by atoms with E-state index in [1.54, 1.807) is 30.2 Å². The van der Waals surface area contributed by atoms with Crippen LogP contribution in [0.1, 0.15) is 22.5 Å². The van der Waals surface area contributed by atoms with Crippen LogP contribution in [0.3, 0.4) is 0 Å². The van der Waals surface area contributed by atoms with E-state index >= 15 is 0 Å². The van der Waals surface area contributed by atoms with E-state index in [2.05, 4.69) is 9.56 Å². The van der Waals surface area contributed by atoms with Gasteiger partial charge in [0, 0.05) is 16.8 Å². The van der Waals surface area contributed by atoms with E-state index < -0.39 is 5.91 Å². The number of hydrogen-bond donors (Lipinski definition) is 1. The number of nitrogens with zero attached hydrogens (tertiary/aromatic N) is 3. The third kappa shape index (κ3) is 3.56. The number of fused-ring (bicyclic) bond motifs is 1. The molecule has 0 radical (unpaired) electrons. The number of aliphatic imine (C=N–C) groups is 1. The van der Waals surface area contributed by atoms with E-state index in [4.69, 9.17) is 10.1 Å². The molecular weight excluding hydrogens is 451 g/mol. The van der Waals surface area contributed by atoms with Gasteiger partial charge < -0.3 is 9.30 Å². The first kappa shape index (κ1) is 21.9. The number of carbonyl (C=O) groups is 1. The Labute approximate surface area is 200 Å². The van der Waals surface area contributed by atoms with Gasteiger partial charge in [-0.05, 0) is 73.5 Å². The molecule has 0 atom stereocenters. The molecule has 0 fully saturated rings. The maximum atomic E-state index is 13.4. The molecule has 3 aromatic rings. The molecule has 6 nitrogen and oxygen atoms in total. The van der Waals surface area contributed by atoms with Crippen molar-refractivity contribution in [3.8, 4) is 11.4 Å². The van der Waals surface area contributed by atoms with Gasteiger partial charge in [0.1, 0.15) is 17.4 Å².